The van der Waals surface area contributed by atoms with Crippen LogP contribution in [0.5, 0.6) is 0 Å². The van der Waals surface area contributed by atoms with Gasteiger partial charge in [0.05, 0.1) is 12.0 Å². The van der Waals surface area contributed by atoms with E-state index >= 15 is 0 Å². The van der Waals surface area contributed by atoms with Crippen LogP contribution in [0.15, 0.2) is 47.0 Å². The molecule has 2 atom stereocenters. The van der Waals surface area contributed by atoms with Gasteiger partial charge in [-0.3, -0.25) is 9.69 Å². The van der Waals surface area contributed by atoms with Gasteiger partial charge in [0, 0.05) is 17.8 Å². The van der Waals surface area contributed by atoms with Crippen molar-refractivity contribution in [1.29, 1.82) is 0 Å². The lowest BCUT2D eigenvalue weighted by Crippen LogP contribution is -2.46. The lowest BCUT2D eigenvalue weighted by atomic mass is 9.96. The fourth-order valence-electron chi connectivity index (χ4n) is 3.79. The van der Waals surface area contributed by atoms with Gasteiger partial charge in [-0.25, -0.2) is 8.78 Å². The number of halogens is 2. The monoisotopic (exact) mass is 426 g/mol. The molecule has 31 heavy (non-hydrogen) atoms. The van der Waals surface area contributed by atoms with Crippen molar-refractivity contribution in [2.24, 2.45) is 0 Å². The minimum atomic E-state index is -0.405. The number of carbonyl (C=O) groups excluding carboxylic acids is 1. The van der Waals surface area contributed by atoms with Crippen LogP contribution in [0.2, 0.25) is 0 Å². The molecule has 1 fully saturated rings. The number of anilines is 1. The van der Waals surface area contributed by atoms with Crippen LogP contribution in [0.25, 0.3) is 11.4 Å². The topological polar surface area (TPSA) is 71.3 Å². The summed E-state index contributed by atoms with van der Waals surface area (Å²) in [6.45, 7) is 4.85. The van der Waals surface area contributed by atoms with E-state index in [4.69, 9.17) is 4.52 Å². The highest BCUT2D eigenvalue weighted by molar-refractivity contribution is 5.94. The van der Waals surface area contributed by atoms with Crippen LogP contribution in [0.3, 0.4) is 0 Å². The van der Waals surface area contributed by atoms with E-state index in [0.717, 1.165) is 19.4 Å². The maximum absolute atomic E-state index is 13.8. The molecule has 1 saturated heterocycles. The molecule has 162 valence electrons. The number of likely N-dealkylation sites (tertiary alicyclic amines) is 1. The predicted octanol–water partition coefficient (Wildman–Crippen LogP) is 4.53. The summed E-state index contributed by atoms with van der Waals surface area (Å²) >= 11 is 0. The smallest absolute Gasteiger partial charge is 0.241 e. The van der Waals surface area contributed by atoms with Gasteiger partial charge in [-0.05, 0) is 63.1 Å². The van der Waals surface area contributed by atoms with Crippen LogP contribution in [-0.2, 0) is 4.79 Å². The standard InChI is InChI=1S/C23H24F2N4O2/c1-14-8-9-19(12-20(14)25)26-22(30)15(2)29-10-4-6-17(13-29)23-27-21(28-31-23)16-5-3-7-18(24)11-16/h3,5,7-9,11-12,15,17H,4,6,10,13H2,1-2H3,(H,26,30). The molecule has 4 rings (SSSR count). The van der Waals surface area contributed by atoms with E-state index in [1.165, 1.54) is 18.2 Å². The number of piperidine rings is 1. The molecule has 0 bridgehead atoms. The van der Waals surface area contributed by atoms with Gasteiger partial charge in [-0.15, -0.1) is 0 Å². The summed E-state index contributed by atoms with van der Waals surface area (Å²) in [5.41, 5.74) is 1.52. The summed E-state index contributed by atoms with van der Waals surface area (Å²) in [6.07, 6.45) is 1.73. The number of carbonyl (C=O) groups is 1. The van der Waals surface area contributed by atoms with E-state index in [0.29, 0.717) is 35.1 Å². The maximum Gasteiger partial charge on any atom is 0.241 e. The van der Waals surface area contributed by atoms with Crippen LogP contribution in [0.4, 0.5) is 14.5 Å². The third kappa shape index (κ3) is 4.80. The fourth-order valence-corrected chi connectivity index (χ4v) is 3.79. The molecule has 0 saturated carbocycles. The Morgan fingerprint density at radius 1 is 1.26 bits per heavy atom. The Balaban J connectivity index is 1.42. The molecule has 0 radical (unpaired) electrons. The first-order valence-electron chi connectivity index (χ1n) is 10.3. The number of benzene rings is 2. The van der Waals surface area contributed by atoms with Gasteiger partial charge < -0.3 is 9.84 Å². The minimum absolute atomic E-state index is 0.0179. The highest BCUT2D eigenvalue weighted by atomic mass is 19.1. The summed E-state index contributed by atoms with van der Waals surface area (Å²) in [6, 6.07) is 10.3. The molecule has 1 N–H and O–H groups in total. The molecule has 1 amide bonds. The van der Waals surface area contributed by atoms with Gasteiger partial charge in [0.15, 0.2) is 0 Å². The van der Waals surface area contributed by atoms with E-state index in [9.17, 15) is 13.6 Å². The Kier molecular flexibility index (Phi) is 6.08. The Bertz CT molecular complexity index is 1080. The molecule has 6 nitrogen and oxygen atoms in total. The molecule has 0 aliphatic carbocycles. The van der Waals surface area contributed by atoms with Gasteiger partial charge >= 0.3 is 0 Å². The van der Waals surface area contributed by atoms with E-state index in [1.54, 1.807) is 31.2 Å². The Labute approximate surface area is 179 Å². The summed E-state index contributed by atoms with van der Waals surface area (Å²) in [7, 11) is 0. The van der Waals surface area contributed by atoms with Crippen molar-refractivity contribution < 1.29 is 18.1 Å². The van der Waals surface area contributed by atoms with Crippen molar-refractivity contribution in [2.75, 3.05) is 18.4 Å². The summed E-state index contributed by atoms with van der Waals surface area (Å²) in [4.78, 5) is 19.2. The quantitative estimate of drug-likeness (QED) is 0.649. The van der Waals surface area contributed by atoms with Crippen molar-refractivity contribution in [2.45, 2.75) is 38.6 Å². The zero-order valence-corrected chi connectivity index (χ0v) is 17.4. The number of aromatic nitrogens is 2. The van der Waals surface area contributed by atoms with E-state index in [2.05, 4.69) is 20.4 Å². The molecule has 2 aromatic carbocycles. The van der Waals surface area contributed by atoms with Crippen molar-refractivity contribution in [3.05, 3.63) is 65.6 Å². The Morgan fingerprint density at radius 3 is 2.87 bits per heavy atom. The number of hydrogen-bond donors (Lipinski definition) is 1. The van der Waals surface area contributed by atoms with Gasteiger partial charge in [0.1, 0.15) is 11.6 Å². The average molecular weight is 426 g/mol. The molecular formula is C23H24F2N4O2. The van der Waals surface area contributed by atoms with Crippen molar-refractivity contribution in [3.63, 3.8) is 0 Å². The molecule has 1 aliphatic heterocycles. The van der Waals surface area contributed by atoms with Crippen LogP contribution in [0.1, 0.15) is 37.1 Å². The Hall–Kier alpha value is -3.13. The lowest BCUT2D eigenvalue weighted by Gasteiger charge is -2.34. The van der Waals surface area contributed by atoms with Crippen LogP contribution in [0, 0.1) is 18.6 Å². The van der Waals surface area contributed by atoms with Crippen molar-refractivity contribution in [3.8, 4) is 11.4 Å². The number of hydrogen-bond acceptors (Lipinski definition) is 5. The molecule has 3 aromatic rings. The summed E-state index contributed by atoms with van der Waals surface area (Å²) < 4.78 is 32.7. The van der Waals surface area contributed by atoms with Gasteiger partial charge in [0.2, 0.25) is 17.6 Å². The van der Waals surface area contributed by atoms with E-state index in [-0.39, 0.29) is 23.5 Å². The van der Waals surface area contributed by atoms with Gasteiger partial charge in [-0.1, -0.05) is 23.4 Å². The first-order chi connectivity index (χ1) is 14.9. The molecular weight excluding hydrogens is 402 g/mol. The van der Waals surface area contributed by atoms with E-state index < -0.39 is 6.04 Å². The highest BCUT2D eigenvalue weighted by Crippen LogP contribution is 2.29. The third-order valence-corrected chi connectivity index (χ3v) is 5.69. The summed E-state index contributed by atoms with van der Waals surface area (Å²) in [5.74, 6) is -0.100. The number of nitrogens with zero attached hydrogens (tertiary/aromatic N) is 3. The molecule has 2 heterocycles. The van der Waals surface area contributed by atoms with Crippen LogP contribution >= 0.6 is 0 Å². The largest absolute Gasteiger partial charge is 0.339 e. The first-order valence-corrected chi connectivity index (χ1v) is 10.3. The number of rotatable bonds is 5. The van der Waals surface area contributed by atoms with Gasteiger partial charge in [0.25, 0.3) is 0 Å². The van der Waals surface area contributed by atoms with Crippen LogP contribution < -0.4 is 5.32 Å². The fraction of sp³-hybridized carbons (Fsp3) is 0.348. The molecule has 8 heteroatoms. The minimum Gasteiger partial charge on any atom is -0.339 e. The first kappa shape index (κ1) is 21.1. The SMILES string of the molecule is Cc1ccc(NC(=O)C(C)N2CCCC(c3nc(-c4cccc(F)c4)no3)C2)cc1F. The number of amides is 1. The molecule has 1 aromatic heterocycles. The molecule has 2 unspecified atom stereocenters. The lowest BCUT2D eigenvalue weighted by molar-refractivity contribution is -0.121. The van der Waals surface area contributed by atoms with Gasteiger partial charge in [-0.2, -0.15) is 4.98 Å². The van der Waals surface area contributed by atoms with Crippen molar-refractivity contribution in [1.82, 2.24) is 15.0 Å². The predicted molar refractivity (Wildman–Crippen MR) is 112 cm³/mol. The normalized spacial score (nSPS) is 18.0. The second-order valence-corrected chi connectivity index (χ2v) is 7.93. The number of aryl methyl sites for hydroxylation is 1. The molecule has 0 spiro atoms. The highest BCUT2D eigenvalue weighted by Gasteiger charge is 2.31. The Morgan fingerprint density at radius 2 is 2.10 bits per heavy atom. The van der Waals surface area contributed by atoms with Crippen molar-refractivity contribution >= 4 is 11.6 Å². The number of nitrogens with one attached hydrogen (secondary N) is 1. The second kappa shape index (κ2) is 8.93. The average Bonchev–Trinajstić information content (AvgIpc) is 3.26. The maximum atomic E-state index is 13.8. The zero-order valence-electron chi connectivity index (χ0n) is 17.4. The van der Waals surface area contributed by atoms with E-state index in [1.807, 2.05) is 6.92 Å². The third-order valence-electron chi connectivity index (χ3n) is 5.69. The molecule has 1 aliphatic rings. The summed E-state index contributed by atoms with van der Waals surface area (Å²) in [5, 5.41) is 6.78. The van der Waals surface area contributed by atoms with Crippen LogP contribution in [-0.4, -0.2) is 40.1 Å². The zero-order chi connectivity index (χ0) is 22.0. The second-order valence-electron chi connectivity index (χ2n) is 7.93.